The van der Waals surface area contributed by atoms with Gasteiger partial charge in [0.05, 0.1) is 26.7 Å². The highest BCUT2D eigenvalue weighted by Crippen LogP contribution is 2.08. The van der Waals surface area contributed by atoms with Crippen LogP contribution in [0.5, 0.6) is 0 Å². The van der Waals surface area contributed by atoms with Crippen LogP contribution in [0.2, 0.25) is 0 Å². The Morgan fingerprint density at radius 3 is 2.75 bits per heavy atom. The number of nitrogens with zero attached hydrogens (tertiary/aromatic N) is 1. The molecule has 0 saturated carbocycles. The zero-order chi connectivity index (χ0) is 15.1. The smallest absolute Gasteiger partial charge is 0.336 e. The number of aliphatic carboxylic acids is 1. The van der Waals surface area contributed by atoms with Gasteiger partial charge in [-0.05, 0) is 6.42 Å². The van der Waals surface area contributed by atoms with Crippen molar-refractivity contribution < 1.29 is 29.0 Å². The number of carbonyl (C=O) groups excluding carboxylic acids is 2. The van der Waals surface area contributed by atoms with Gasteiger partial charge in [-0.25, -0.2) is 9.59 Å². The number of hydrogen-bond acceptors (Lipinski definition) is 5. The first-order valence-electron chi connectivity index (χ1n) is 6.44. The minimum atomic E-state index is -0.966. The van der Waals surface area contributed by atoms with Crippen LogP contribution in [0.15, 0.2) is 0 Å². The fraction of sp³-hybridized carbons (Fsp3) is 0.750. The summed E-state index contributed by atoms with van der Waals surface area (Å²) < 4.78 is 9.79. The van der Waals surface area contributed by atoms with Crippen molar-refractivity contribution in [1.82, 2.24) is 10.2 Å². The van der Waals surface area contributed by atoms with Crippen molar-refractivity contribution in [2.45, 2.75) is 31.9 Å². The number of nitrogens with one attached hydrogen (secondary N) is 1. The Bertz CT molecular complexity index is 373. The van der Waals surface area contributed by atoms with Gasteiger partial charge in [-0.1, -0.05) is 6.92 Å². The maximum absolute atomic E-state index is 12.0. The second kappa shape index (κ2) is 7.68. The standard InChI is InChI=1S/C12H20N2O6/c1-3-8(6-10(15)16)13-12(18)14-4-5-20-9(7-14)11(17)19-2/h8-9H,3-7H2,1-2H3,(H,13,18)(H,15,16). The second-order valence-corrected chi connectivity index (χ2v) is 4.48. The molecule has 1 fully saturated rings. The van der Waals surface area contributed by atoms with Gasteiger partial charge in [-0.15, -0.1) is 0 Å². The number of rotatable bonds is 5. The van der Waals surface area contributed by atoms with Gasteiger partial charge in [0.25, 0.3) is 0 Å². The lowest BCUT2D eigenvalue weighted by Crippen LogP contribution is -2.53. The average Bonchev–Trinajstić information content (AvgIpc) is 2.45. The summed E-state index contributed by atoms with van der Waals surface area (Å²) in [6.07, 6.45) is -0.408. The van der Waals surface area contributed by atoms with Gasteiger partial charge in [0, 0.05) is 12.6 Å². The minimum Gasteiger partial charge on any atom is -0.481 e. The normalized spacial score (nSPS) is 20.1. The highest BCUT2D eigenvalue weighted by molar-refractivity contribution is 5.79. The number of ether oxygens (including phenoxy) is 2. The van der Waals surface area contributed by atoms with E-state index >= 15 is 0 Å². The van der Waals surface area contributed by atoms with Crippen molar-refractivity contribution in [2.75, 3.05) is 26.8 Å². The third kappa shape index (κ3) is 4.69. The highest BCUT2D eigenvalue weighted by atomic mass is 16.6. The minimum absolute atomic E-state index is 0.0992. The molecule has 1 heterocycles. The molecule has 0 radical (unpaired) electrons. The molecule has 0 aromatic rings. The van der Waals surface area contributed by atoms with E-state index < -0.39 is 30.1 Å². The second-order valence-electron chi connectivity index (χ2n) is 4.48. The zero-order valence-electron chi connectivity index (χ0n) is 11.6. The molecular formula is C12H20N2O6. The Kier molecular flexibility index (Phi) is 6.23. The molecule has 20 heavy (non-hydrogen) atoms. The molecule has 2 amide bonds. The SMILES string of the molecule is CCC(CC(=O)O)NC(=O)N1CCOC(C(=O)OC)C1. The van der Waals surface area contributed by atoms with Crippen molar-refractivity contribution in [1.29, 1.82) is 0 Å². The van der Waals surface area contributed by atoms with Crippen LogP contribution in [-0.2, 0) is 19.1 Å². The number of hydrogen-bond donors (Lipinski definition) is 2. The van der Waals surface area contributed by atoms with Gasteiger partial charge in [-0.3, -0.25) is 4.79 Å². The van der Waals surface area contributed by atoms with Gasteiger partial charge in [0.1, 0.15) is 0 Å². The Morgan fingerprint density at radius 2 is 2.20 bits per heavy atom. The van der Waals surface area contributed by atoms with Gasteiger partial charge >= 0.3 is 18.0 Å². The molecule has 0 aromatic heterocycles. The Labute approximate surface area is 117 Å². The van der Waals surface area contributed by atoms with Gasteiger partial charge in [0.2, 0.25) is 0 Å². The first kappa shape index (κ1) is 16.2. The summed E-state index contributed by atoms with van der Waals surface area (Å²) >= 11 is 0. The fourth-order valence-corrected chi connectivity index (χ4v) is 1.88. The zero-order valence-corrected chi connectivity index (χ0v) is 11.6. The lowest BCUT2D eigenvalue weighted by atomic mass is 10.1. The molecule has 0 aliphatic carbocycles. The van der Waals surface area contributed by atoms with E-state index in [1.807, 2.05) is 0 Å². The van der Waals surface area contributed by atoms with Gasteiger partial charge in [-0.2, -0.15) is 0 Å². The van der Waals surface area contributed by atoms with Crippen LogP contribution in [0.4, 0.5) is 4.79 Å². The average molecular weight is 288 g/mol. The van der Waals surface area contributed by atoms with E-state index in [0.717, 1.165) is 0 Å². The van der Waals surface area contributed by atoms with Crippen molar-refractivity contribution in [3.05, 3.63) is 0 Å². The van der Waals surface area contributed by atoms with Crippen LogP contribution in [0.1, 0.15) is 19.8 Å². The topological polar surface area (TPSA) is 105 Å². The van der Waals surface area contributed by atoms with E-state index in [1.165, 1.54) is 12.0 Å². The summed E-state index contributed by atoms with van der Waals surface area (Å²) in [5.74, 6) is -1.49. The lowest BCUT2D eigenvalue weighted by molar-refractivity contribution is -0.158. The number of urea groups is 1. The third-order valence-corrected chi connectivity index (χ3v) is 3.06. The number of esters is 1. The largest absolute Gasteiger partial charge is 0.481 e. The molecule has 2 unspecified atom stereocenters. The summed E-state index contributed by atoms with van der Waals surface area (Å²) in [5.41, 5.74) is 0. The lowest BCUT2D eigenvalue weighted by Gasteiger charge is -2.32. The predicted octanol–water partition coefficient (Wildman–Crippen LogP) is -0.177. The molecular weight excluding hydrogens is 268 g/mol. The molecule has 1 rings (SSSR count). The van der Waals surface area contributed by atoms with Crippen LogP contribution in [0, 0.1) is 0 Å². The number of methoxy groups -OCH3 is 1. The fourth-order valence-electron chi connectivity index (χ4n) is 1.88. The Balaban J connectivity index is 2.53. The summed E-state index contributed by atoms with van der Waals surface area (Å²) in [7, 11) is 1.25. The van der Waals surface area contributed by atoms with E-state index in [1.54, 1.807) is 6.92 Å². The Morgan fingerprint density at radius 1 is 1.50 bits per heavy atom. The van der Waals surface area contributed by atoms with Crippen LogP contribution in [-0.4, -0.2) is 66.9 Å². The molecule has 1 saturated heterocycles. The Hall–Kier alpha value is -1.83. The van der Waals surface area contributed by atoms with E-state index in [-0.39, 0.29) is 19.6 Å². The summed E-state index contributed by atoms with van der Waals surface area (Å²) in [5, 5.41) is 11.4. The molecule has 0 aromatic carbocycles. The van der Waals surface area contributed by atoms with Crippen molar-refractivity contribution in [3.8, 4) is 0 Å². The van der Waals surface area contributed by atoms with Gasteiger partial charge in [0.15, 0.2) is 6.10 Å². The van der Waals surface area contributed by atoms with E-state index in [0.29, 0.717) is 13.0 Å². The van der Waals surface area contributed by atoms with E-state index in [9.17, 15) is 14.4 Å². The number of carbonyl (C=O) groups is 3. The maximum Gasteiger partial charge on any atom is 0.336 e. The number of carboxylic acids is 1. The first-order valence-corrected chi connectivity index (χ1v) is 6.44. The van der Waals surface area contributed by atoms with E-state index in [4.69, 9.17) is 9.84 Å². The molecule has 0 bridgehead atoms. The summed E-state index contributed by atoms with van der Waals surface area (Å²) in [6.45, 7) is 2.48. The van der Waals surface area contributed by atoms with Crippen molar-refractivity contribution >= 4 is 18.0 Å². The molecule has 8 nitrogen and oxygen atoms in total. The monoisotopic (exact) mass is 288 g/mol. The quantitative estimate of drug-likeness (QED) is 0.680. The summed E-state index contributed by atoms with van der Waals surface area (Å²) in [4.78, 5) is 35.5. The van der Waals surface area contributed by atoms with Crippen LogP contribution < -0.4 is 5.32 Å². The van der Waals surface area contributed by atoms with Crippen molar-refractivity contribution in [3.63, 3.8) is 0 Å². The van der Waals surface area contributed by atoms with Gasteiger partial charge < -0.3 is 24.8 Å². The number of amides is 2. The van der Waals surface area contributed by atoms with Crippen LogP contribution in [0.3, 0.4) is 0 Å². The molecule has 8 heteroatoms. The van der Waals surface area contributed by atoms with Crippen molar-refractivity contribution in [2.24, 2.45) is 0 Å². The molecule has 2 N–H and O–H groups in total. The molecule has 2 atom stereocenters. The van der Waals surface area contributed by atoms with Crippen LogP contribution >= 0.6 is 0 Å². The number of morpholine rings is 1. The third-order valence-electron chi connectivity index (χ3n) is 3.06. The number of carboxylic acid groups (broad SMARTS) is 1. The highest BCUT2D eigenvalue weighted by Gasteiger charge is 2.30. The molecule has 0 spiro atoms. The molecule has 114 valence electrons. The predicted molar refractivity (Wildman–Crippen MR) is 68.2 cm³/mol. The summed E-state index contributed by atoms with van der Waals surface area (Å²) in [6, 6.07) is -0.824. The molecule has 1 aliphatic rings. The molecule has 1 aliphatic heterocycles. The maximum atomic E-state index is 12.0. The van der Waals surface area contributed by atoms with Crippen LogP contribution in [0.25, 0.3) is 0 Å². The first-order chi connectivity index (χ1) is 9.47. The van der Waals surface area contributed by atoms with E-state index in [2.05, 4.69) is 10.1 Å².